The molecule has 0 saturated carbocycles. The lowest BCUT2D eigenvalue weighted by Crippen LogP contribution is -2.27. The van der Waals surface area contributed by atoms with Crippen molar-refractivity contribution in [3.05, 3.63) is 64.0 Å². The number of rotatable bonds is 5. The van der Waals surface area contributed by atoms with Gasteiger partial charge in [-0.2, -0.15) is 0 Å². The molecule has 1 aromatic heterocycles. The van der Waals surface area contributed by atoms with Crippen molar-refractivity contribution in [3.63, 3.8) is 0 Å². The fourth-order valence-electron chi connectivity index (χ4n) is 2.45. The van der Waals surface area contributed by atoms with Gasteiger partial charge in [0.2, 0.25) is 0 Å². The van der Waals surface area contributed by atoms with Gasteiger partial charge < -0.3 is 15.0 Å². The number of aromatic amines is 1. The van der Waals surface area contributed by atoms with Gasteiger partial charge in [0.15, 0.2) is 0 Å². The molecule has 2 N–H and O–H groups in total. The van der Waals surface area contributed by atoms with Crippen LogP contribution >= 0.6 is 0 Å². The number of hydrogen-bond acceptors (Lipinski definition) is 5. The minimum Gasteiger partial charge on any atom is -0.497 e. The largest absolute Gasteiger partial charge is 0.497 e. The molecule has 0 spiro atoms. The summed E-state index contributed by atoms with van der Waals surface area (Å²) in [6.07, 6.45) is 0. The van der Waals surface area contributed by atoms with E-state index in [0.29, 0.717) is 28.2 Å². The average Bonchev–Trinajstić information content (AvgIpc) is 3.05. The predicted octanol–water partition coefficient (Wildman–Crippen LogP) is 2.97. The third-order valence-corrected chi connectivity index (χ3v) is 3.78. The Labute approximate surface area is 143 Å². The highest BCUT2D eigenvalue weighted by Gasteiger charge is 2.16. The number of fused-ring (bicyclic) bond motifs is 1. The first kappa shape index (κ1) is 16.4. The quantitative estimate of drug-likeness (QED) is 0.548. The summed E-state index contributed by atoms with van der Waals surface area (Å²) in [5.74, 6) is 0.848. The van der Waals surface area contributed by atoms with Gasteiger partial charge in [-0.25, -0.2) is 4.98 Å². The van der Waals surface area contributed by atoms with Gasteiger partial charge in [-0.05, 0) is 31.2 Å². The molecule has 128 valence electrons. The highest BCUT2D eigenvalue weighted by atomic mass is 16.6. The normalized spacial score (nSPS) is 11.9. The zero-order valence-electron chi connectivity index (χ0n) is 13.6. The topological polar surface area (TPSA) is 110 Å². The molecule has 0 bridgehead atoms. The molecule has 0 fully saturated rings. The number of nitro benzene ring substituents is 1. The number of amides is 1. The number of methoxy groups -OCH3 is 1. The number of nitro groups is 1. The number of non-ortho nitro benzene ring substituents is 1. The van der Waals surface area contributed by atoms with E-state index in [1.54, 1.807) is 37.3 Å². The highest BCUT2D eigenvalue weighted by Crippen LogP contribution is 2.21. The average molecular weight is 340 g/mol. The molecule has 3 aromatic rings. The molecule has 0 saturated heterocycles. The van der Waals surface area contributed by atoms with Crippen LogP contribution in [0.4, 0.5) is 5.69 Å². The lowest BCUT2D eigenvalue weighted by Gasteiger charge is -2.12. The van der Waals surface area contributed by atoms with Gasteiger partial charge in [-0.1, -0.05) is 6.07 Å². The zero-order chi connectivity index (χ0) is 18.0. The number of benzene rings is 2. The fourth-order valence-corrected chi connectivity index (χ4v) is 2.45. The number of carbonyl (C=O) groups is 1. The van der Waals surface area contributed by atoms with E-state index < -0.39 is 11.0 Å². The molecule has 8 heteroatoms. The Morgan fingerprint density at radius 2 is 2.12 bits per heavy atom. The van der Waals surface area contributed by atoms with Crippen molar-refractivity contribution in [2.45, 2.75) is 13.0 Å². The van der Waals surface area contributed by atoms with Gasteiger partial charge in [-0.3, -0.25) is 14.9 Å². The monoisotopic (exact) mass is 340 g/mol. The van der Waals surface area contributed by atoms with Crippen molar-refractivity contribution in [2.75, 3.05) is 7.11 Å². The molecule has 1 unspecified atom stereocenters. The summed E-state index contributed by atoms with van der Waals surface area (Å²) < 4.78 is 5.11. The summed E-state index contributed by atoms with van der Waals surface area (Å²) in [6, 6.07) is 10.8. The van der Waals surface area contributed by atoms with Crippen molar-refractivity contribution in [1.82, 2.24) is 15.3 Å². The number of carbonyl (C=O) groups excluding carboxylic acids is 1. The Morgan fingerprint density at radius 1 is 1.32 bits per heavy atom. The second kappa shape index (κ2) is 6.60. The molecule has 3 rings (SSSR count). The van der Waals surface area contributed by atoms with Crippen LogP contribution in [0.25, 0.3) is 11.0 Å². The summed E-state index contributed by atoms with van der Waals surface area (Å²) in [4.78, 5) is 30.1. The smallest absolute Gasteiger partial charge is 0.271 e. The first-order valence-corrected chi connectivity index (χ1v) is 7.57. The van der Waals surface area contributed by atoms with Crippen LogP contribution in [0, 0.1) is 10.1 Å². The molecule has 0 radical (unpaired) electrons. The van der Waals surface area contributed by atoms with Crippen LogP contribution in [0.2, 0.25) is 0 Å². The summed E-state index contributed by atoms with van der Waals surface area (Å²) in [5, 5.41) is 13.7. The maximum Gasteiger partial charge on any atom is 0.271 e. The van der Waals surface area contributed by atoms with Crippen LogP contribution in [0.3, 0.4) is 0 Å². The van der Waals surface area contributed by atoms with Crippen molar-refractivity contribution in [3.8, 4) is 5.75 Å². The van der Waals surface area contributed by atoms with Crippen molar-refractivity contribution in [2.24, 2.45) is 0 Å². The van der Waals surface area contributed by atoms with E-state index in [9.17, 15) is 14.9 Å². The number of hydrogen-bond donors (Lipinski definition) is 2. The van der Waals surface area contributed by atoms with Crippen LogP contribution in [-0.4, -0.2) is 27.9 Å². The van der Waals surface area contributed by atoms with Crippen molar-refractivity contribution < 1.29 is 14.5 Å². The van der Waals surface area contributed by atoms with E-state index in [0.717, 1.165) is 0 Å². The third-order valence-electron chi connectivity index (χ3n) is 3.78. The minimum atomic E-state index is -0.464. The molecule has 25 heavy (non-hydrogen) atoms. The molecular formula is C17H16N4O4. The Bertz CT molecular complexity index is 951. The van der Waals surface area contributed by atoms with E-state index in [-0.39, 0.29) is 11.6 Å². The van der Waals surface area contributed by atoms with Crippen LogP contribution in [0.15, 0.2) is 42.5 Å². The van der Waals surface area contributed by atoms with Gasteiger partial charge in [0.1, 0.15) is 11.6 Å². The minimum absolute atomic E-state index is 0.0178. The summed E-state index contributed by atoms with van der Waals surface area (Å²) in [6.45, 7) is 1.78. The Balaban J connectivity index is 1.80. The van der Waals surface area contributed by atoms with Gasteiger partial charge in [0.05, 0.1) is 29.1 Å². The van der Waals surface area contributed by atoms with Gasteiger partial charge in [0.25, 0.3) is 11.6 Å². The van der Waals surface area contributed by atoms with Crippen LogP contribution in [-0.2, 0) is 0 Å². The van der Waals surface area contributed by atoms with Gasteiger partial charge in [-0.15, -0.1) is 0 Å². The first-order chi connectivity index (χ1) is 12.0. The zero-order valence-corrected chi connectivity index (χ0v) is 13.6. The molecule has 1 heterocycles. The number of aromatic nitrogens is 2. The molecule has 1 amide bonds. The maximum absolute atomic E-state index is 12.4. The molecule has 0 aliphatic carbocycles. The molecule has 2 aromatic carbocycles. The van der Waals surface area contributed by atoms with E-state index in [4.69, 9.17) is 4.74 Å². The number of H-pyrrole nitrogens is 1. The standard InChI is InChI=1S/C17H16N4O4/c1-10(18-17(22)11-4-3-5-13(8-11)25-2)16-19-14-7-6-12(21(23)24)9-15(14)20-16/h3-10H,1-2H3,(H,18,22)(H,19,20). The second-order valence-corrected chi connectivity index (χ2v) is 5.51. The van der Waals surface area contributed by atoms with Crippen molar-refractivity contribution in [1.29, 1.82) is 0 Å². The van der Waals surface area contributed by atoms with Gasteiger partial charge in [0, 0.05) is 17.7 Å². The van der Waals surface area contributed by atoms with E-state index in [1.807, 2.05) is 0 Å². The van der Waals surface area contributed by atoms with E-state index in [2.05, 4.69) is 15.3 Å². The van der Waals surface area contributed by atoms with Crippen molar-refractivity contribution >= 4 is 22.6 Å². The number of imidazole rings is 1. The Morgan fingerprint density at radius 3 is 2.84 bits per heavy atom. The Kier molecular flexibility index (Phi) is 4.34. The lowest BCUT2D eigenvalue weighted by atomic mass is 10.2. The molecule has 8 nitrogen and oxygen atoms in total. The summed E-state index contributed by atoms with van der Waals surface area (Å²) in [5.41, 5.74) is 1.60. The highest BCUT2D eigenvalue weighted by molar-refractivity contribution is 5.94. The van der Waals surface area contributed by atoms with E-state index in [1.165, 1.54) is 19.2 Å². The maximum atomic E-state index is 12.4. The Hall–Kier alpha value is -3.42. The van der Waals surface area contributed by atoms with Crippen LogP contribution in [0.5, 0.6) is 5.75 Å². The predicted molar refractivity (Wildman–Crippen MR) is 91.6 cm³/mol. The molecule has 0 aliphatic rings. The lowest BCUT2D eigenvalue weighted by molar-refractivity contribution is -0.384. The third kappa shape index (κ3) is 3.42. The number of nitrogens with one attached hydrogen (secondary N) is 2. The first-order valence-electron chi connectivity index (χ1n) is 7.57. The number of nitrogens with zero attached hydrogens (tertiary/aromatic N) is 2. The fraction of sp³-hybridized carbons (Fsp3) is 0.176. The van der Waals surface area contributed by atoms with Gasteiger partial charge >= 0.3 is 0 Å². The number of ether oxygens (including phenoxy) is 1. The molecular weight excluding hydrogens is 324 g/mol. The van der Waals surface area contributed by atoms with Crippen LogP contribution in [0.1, 0.15) is 29.1 Å². The SMILES string of the molecule is COc1cccc(C(=O)NC(C)c2nc3ccc([N+](=O)[O-])cc3[nH]2)c1. The van der Waals surface area contributed by atoms with E-state index >= 15 is 0 Å². The molecule has 0 aliphatic heterocycles. The van der Waals surface area contributed by atoms with Crippen LogP contribution < -0.4 is 10.1 Å². The summed E-state index contributed by atoms with van der Waals surface area (Å²) >= 11 is 0. The molecule has 1 atom stereocenters. The summed E-state index contributed by atoms with van der Waals surface area (Å²) in [7, 11) is 1.53. The second-order valence-electron chi connectivity index (χ2n) is 5.51.